The molecule has 5 nitrogen and oxygen atoms in total. The number of halogens is 1. The van der Waals surface area contributed by atoms with E-state index in [1.807, 2.05) is 6.20 Å². The Bertz CT molecular complexity index is 904. The third kappa shape index (κ3) is 6.19. The minimum absolute atomic E-state index is 0.0341. The van der Waals surface area contributed by atoms with Gasteiger partial charge < -0.3 is 14.4 Å². The summed E-state index contributed by atoms with van der Waals surface area (Å²) in [6, 6.07) is 6.37. The molecule has 3 rings (SSSR count). The van der Waals surface area contributed by atoms with Crippen LogP contribution in [-0.2, 0) is 30.9 Å². The Balaban J connectivity index is 1.89. The van der Waals surface area contributed by atoms with Gasteiger partial charge in [0, 0.05) is 36.7 Å². The number of fused-ring (bicyclic) bond motifs is 1. The minimum atomic E-state index is -0.362. The van der Waals surface area contributed by atoms with Crippen LogP contribution in [0.5, 0.6) is 0 Å². The van der Waals surface area contributed by atoms with E-state index >= 15 is 0 Å². The molecule has 1 aliphatic carbocycles. The maximum Gasteiger partial charge on any atom is 0.307 e. The topological polar surface area (TPSA) is 55.8 Å². The van der Waals surface area contributed by atoms with Crippen molar-refractivity contribution in [2.45, 2.75) is 84.2 Å². The van der Waals surface area contributed by atoms with Gasteiger partial charge in [-0.15, -0.1) is 0 Å². The summed E-state index contributed by atoms with van der Waals surface area (Å²) in [6.07, 6.45) is 7.16. The molecule has 2 atom stereocenters. The fourth-order valence-corrected chi connectivity index (χ4v) is 5.21. The van der Waals surface area contributed by atoms with E-state index < -0.39 is 0 Å². The summed E-state index contributed by atoms with van der Waals surface area (Å²) in [7, 11) is 1.74. The molecule has 0 radical (unpaired) electrons. The van der Waals surface area contributed by atoms with E-state index in [9.17, 15) is 9.59 Å². The number of nitrogens with zero attached hydrogens (tertiary/aromatic N) is 1. The summed E-state index contributed by atoms with van der Waals surface area (Å²) in [5, 5.41) is 0.775. The molecule has 1 heterocycles. The summed E-state index contributed by atoms with van der Waals surface area (Å²) >= 11 is 6.75. The van der Waals surface area contributed by atoms with Crippen LogP contribution in [0.15, 0.2) is 30.0 Å². The zero-order valence-corrected chi connectivity index (χ0v) is 21.5. The highest BCUT2D eigenvalue weighted by Crippen LogP contribution is 2.49. The number of hydrogen-bond donors (Lipinski definition) is 0. The van der Waals surface area contributed by atoms with Crippen molar-refractivity contribution in [1.82, 2.24) is 4.90 Å². The van der Waals surface area contributed by atoms with Gasteiger partial charge in [0.15, 0.2) is 0 Å². The lowest BCUT2D eigenvalue weighted by Crippen LogP contribution is -2.46. The summed E-state index contributed by atoms with van der Waals surface area (Å²) in [4.78, 5) is 26.7. The maximum atomic E-state index is 13.2. The van der Waals surface area contributed by atoms with E-state index in [1.54, 1.807) is 18.9 Å². The van der Waals surface area contributed by atoms with Crippen molar-refractivity contribution >= 4 is 23.5 Å². The molecule has 0 N–H and O–H groups in total. The van der Waals surface area contributed by atoms with Crippen molar-refractivity contribution in [2.75, 3.05) is 20.3 Å². The average molecular weight is 476 g/mol. The Labute approximate surface area is 203 Å². The van der Waals surface area contributed by atoms with Crippen molar-refractivity contribution in [3.8, 4) is 0 Å². The van der Waals surface area contributed by atoms with E-state index in [1.165, 1.54) is 5.57 Å². The van der Waals surface area contributed by atoms with Gasteiger partial charge >= 0.3 is 5.97 Å². The van der Waals surface area contributed by atoms with Gasteiger partial charge in [0.05, 0.1) is 19.1 Å². The van der Waals surface area contributed by atoms with Crippen LogP contribution in [0.4, 0.5) is 0 Å². The molecule has 33 heavy (non-hydrogen) atoms. The van der Waals surface area contributed by atoms with Crippen molar-refractivity contribution in [3.63, 3.8) is 0 Å². The number of benzene rings is 1. The molecule has 0 spiro atoms. The van der Waals surface area contributed by atoms with E-state index in [2.05, 4.69) is 39.0 Å². The Morgan fingerprint density at radius 1 is 1.30 bits per heavy atom. The van der Waals surface area contributed by atoms with E-state index in [0.29, 0.717) is 19.6 Å². The monoisotopic (exact) mass is 475 g/mol. The molecule has 1 unspecified atom stereocenters. The van der Waals surface area contributed by atoms with Gasteiger partial charge in [-0.05, 0) is 67.2 Å². The van der Waals surface area contributed by atoms with Crippen LogP contribution in [0.25, 0.3) is 0 Å². The molecule has 1 saturated carbocycles. The number of methoxy groups -OCH3 is 1. The number of rotatable bonds is 8. The highest BCUT2D eigenvalue weighted by Gasteiger charge is 2.46. The molecule has 6 heteroatoms. The molecule has 1 amide bonds. The number of ether oxygens (including phenoxy) is 2. The zero-order valence-electron chi connectivity index (χ0n) is 20.7. The predicted octanol–water partition coefficient (Wildman–Crippen LogP) is 5.82. The van der Waals surface area contributed by atoms with Gasteiger partial charge in [-0.25, -0.2) is 0 Å². The average Bonchev–Trinajstić information content (AvgIpc) is 2.76. The molecule has 0 saturated heterocycles. The molecule has 0 bridgehead atoms. The first-order chi connectivity index (χ1) is 15.6. The number of carbonyl (C=O) groups excluding carboxylic acids is 2. The first kappa shape index (κ1) is 25.8. The molecule has 2 aliphatic rings. The molecule has 1 aromatic rings. The van der Waals surface area contributed by atoms with Gasteiger partial charge in [-0.3, -0.25) is 9.59 Å². The van der Waals surface area contributed by atoms with Gasteiger partial charge in [0.2, 0.25) is 5.91 Å². The van der Waals surface area contributed by atoms with Gasteiger partial charge in [0.25, 0.3) is 0 Å². The SMILES string of the molecule is CCOC(=O)CCN1C=C2CC(OC)CC[C@@]2(c2ccc(CCC(C)(C)C)c(Cl)c2)CC1=O. The molecular weight excluding hydrogens is 438 g/mol. The van der Waals surface area contributed by atoms with Gasteiger partial charge in [0.1, 0.15) is 0 Å². The largest absolute Gasteiger partial charge is 0.466 e. The lowest BCUT2D eigenvalue weighted by atomic mass is 9.62. The Morgan fingerprint density at radius 2 is 2.06 bits per heavy atom. The van der Waals surface area contributed by atoms with E-state index in [0.717, 1.165) is 48.3 Å². The van der Waals surface area contributed by atoms with E-state index in [-0.39, 0.29) is 35.2 Å². The smallest absolute Gasteiger partial charge is 0.307 e. The standard InChI is InChI=1S/C27H38ClNO4/c1-6-33-25(31)11-14-29-18-21-15-22(32-5)10-13-27(21,17-24(29)30)20-8-7-19(23(28)16-20)9-12-26(2,3)4/h7-8,16,18,22H,6,9-15,17H2,1-5H3/t22?,27-/m0/s1. The molecule has 1 aliphatic heterocycles. The normalized spacial score (nSPS) is 23.2. The second-order valence-corrected chi connectivity index (χ2v) is 10.9. The second-order valence-electron chi connectivity index (χ2n) is 10.5. The number of amides is 1. The third-order valence-corrected chi connectivity index (χ3v) is 7.34. The molecule has 1 fully saturated rings. The number of aryl methyl sites for hydroxylation is 1. The number of esters is 1. The fourth-order valence-electron chi connectivity index (χ4n) is 4.93. The number of carbonyl (C=O) groups is 2. The summed E-state index contributed by atoms with van der Waals surface area (Å²) < 4.78 is 10.7. The highest BCUT2D eigenvalue weighted by atomic mass is 35.5. The lowest BCUT2D eigenvalue weighted by Gasteiger charge is -2.46. The molecule has 0 aromatic heterocycles. The first-order valence-electron chi connectivity index (χ1n) is 12.1. The summed E-state index contributed by atoms with van der Waals surface area (Å²) in [5.74, 6) is -0.247. The Morgan fingerprint density at radius 3 is 2.70 bits per heavy atom. The van der Waals surface area contributed by atoms with Crippen LogP contribution in [0.1, 0.15) is 77.3 Å². The van der Waals surface area contributed by atoms with Crippen LogP contribution in [0.2, 0.25) is 5.02 Å². The second kappa shape index (κ2) is 10.6. The fraction of sp³-hybridized carbons (Fsp3) is 0.630. The Kier molecular flexibility index (Phi) is 8.28. The molecule has 1 aromatic carbocycles. The van der Waals surface area contributed by atoms with Crippen LogP contribution < -0.4 is 0 Å². The van der Waals surface area contributed by atoms with E-state index in [4.69, 9.17) is 21.1 Å². The van der Waals surface area contributed by atoms with Crippen molar-refractivity contribution in [2.24, 2.45) is 5.41 Å². The summed E-state index contributed by atoms with van der Waals surface area (Å²) in [5.41, 5.74) is 3.33. The zero-order chi connectivity index (χ0) is 24.2. The van der Waals surface area contributed by atoms with Crippen LogP contribution in [0.3, 0.4) is 0 Å². The Hall–Kier alpha value is -1.85. The first-order valence-corrected chi connectivity index (χ1v) is 12.4. The van der Waals surface area contributed by atoms with Crippen molar-refractivity contribution in [3.05, 3.63) is 46.1 Å². The maximum absolute atomic E-state index is 13.2. The lowest BCUT2D eigenvalue weighted by molar-refractivity contribution is -0.143. The summed E-state index contributed by atoms with van der Waals surface area (Å²) in [6.45, 7) is 9.18. The van der Waals surface area contributed by atoms with Crippen LogP contribution in [-0.4, -0.2) is 43.1 Å². The van der Waals surface area contributed by atoms with Crippen LogP contribution in [0, 0.1) is 5.41 Å². The third-order valence-electron chi connectivity index (χ3n) is 6.99. The number of hydrogen-bond acceptors (Lipinski definition) is 4. The minimum Gasteiger partial charge on any atom is -0.466 e. The molecular formula is C27H38ClNO4. The van der Waals surface area contributed by atoms with Crippen LogP contribution >= 0.6 is 11.6 Å². The molecule has 182 valence electrons. The quantitative estimate of drug-likeness (QED) is 0.444. The van der Waals surface area contributed by atoms with Crippen molar-refractivity contribution in [1.29, 1.82) is 0 Å². The highest BCUT2D eigenvalue weighted by molar-refractivity contribution is 6.31. The van der Waals surface area contributed by atoms with Gasteiger partial charge in [-0.2, -0.15) is 0 Å². The predicted molar refractivity (Wildman–Crippen MR) is 131 cm³/mol. The van der Waals surface area contributed by atoms with Gasteiger partial charge in [-0.1, -0.05) is 44.5 Å². The van der Waals surface area contributed by atoms with Crippen molar-refractivity contribution < 1.29 is 19.1 Å².